The Morgan fingerprint density at radius 1 is 1.13 bits per heavy atom. The molecular weight excluding hydrogens is 310 g/mol. The van der Waals surface area contributed by atoms with Gasteiger partial charge < -0.3 is 20.1 Å². The third kappa shape index (κ3) is 4.39. The summed E-state index contributed by atoms with van der Waals surface area (Å²) < 4.78 is 11.4. The smallest absolute Gasteiger partial charge is 0.191 e. The number of nitrogens with zero attached hydrogens (tertiary/aromatic N) is 1. The van der Waals surface area contributed by atoms with Gasteiger partial charge >= 0.3 is 0 Å². The molecule has 23 heavy (non-hydrogen) atoms. The van der Waals surface area contributed by atoms with Crippen molar-refractivity contribution >= 4 is 17.3 Å². The van der Waals surface area contributed by atoms with Crippen molar-refractivity contribution in [1.29, 1.82) is 0 Å². The lowest BCUT2D eigenvalue weighted by molar-refractivity contribution is 0.297. The van der Waals surface area contributed by atoms with E-state index in [1.165, 1.54) is 4.88 Å². The second-order valence-electron chi connectivity index (χ2n) is 5.19. The molecule has 2 aromatic rings. The Hall–Kier alpha value is -2.21. The van der Waals surface area contributed by atoms with Gasteiger partial charge in [0.05, 0.1) is 19.8 Å². The van der Waals surface area contributed by atoms with E-state index in [0.717, 1.165) is 36.0 Å². The van der Waals surface area contributed by atoms with Gasteiger partial charge in [-0.25, -0.2) is 0 Å². The number of hydrogen-bond acceptors (Lipinski definition) is 4. The van der Waals surface area contributed by atoms with Crippen molar-refractivity contribution in [3.63, 3.8) is 0 Å². The third-order valence-electron chi connectivity index (χ3n) is 3.51. The number of guanidine groups is 1. The van der Waals surface area contributed by atoms with E-state index < -0.39 is 0 Å². The zero-order valence-electron chi connectivity index (χ0n) is 13.2. The molecule has 0 aliphatic carbocycles. The highest BCUT2D eigenvalue weighted by atomic mass is 32.1. The molecule has 1 aliphatic rings. The molecule has 0 spiro atoms. The summed E-state index contributed by atoms with van der Waals surface area (Å²) >= 11 is 1.73. The minimum Gasteiger partial charge on any atom is -0.490 e. The number of benzene rings is 1. The van der Waals surface area contributed by atoms with Crippen molar-refractivity contribution in [2.24, 2.45) is 4.99 Å². The first-order chi connectivity index (χ1) is 11.3. The van der Waals surface area contributed by atoms with E-state index in [1.54, 1.807) is 18.4 Å². The van der Waals surface area contributed by atoms with E-state index in [1.807, 2.05) is 18.2 Å². The maximum absolute atomic E-state index is 5.72. The summed E-state index contributed by atoms with van der Waals surface area (Å²) in [7, 11) is 1.78. The molecule has 0 atom stereocenters. The zero-order valence-corrected chi connectivity index (χ0v) is 14.0. The van der Waals surface area contributed by atoms with Crippen molar-refractivity contribution in [1.82, 2.24) is 10.6 Å². The van der Waals surface area contributed by atoms with Crippen LogP contribution in [0.1, 0.15) is 16.9 Å². The van der Waals surface area contributed by atoms with E-state index in [9.17, 15) is 0 Å². The fraction of sp³-hybridized carbons (Fsp3) is 0.353. The molecule has 5 nitrogen and oxygen atoms in total. The first kappa shape index (κ1) is 15.7. The van der Waals surface area contributed by atoms with E-state index in [2.05, 4.69) is 33.1 Å². The molecular formula is C17H21N3O2S. The van der Waals surface area contributed by atoms with Gasteiger partial charge in [-0.1, -0.05) is 12.1 Å². The van der Waals surface area contributed by atoms with Crippen LogP contribution < -0.4 is 20.1 Å². The molecule has 0 fully saturated rings. The first-order valence-electron chi connectivity index (χ1n) is 7.70. The maximum Gasteiger partial charge on any atom is 0.191 e. The summed E-state index contributed by atoms with van der Waals surface area (Å²) in [5, 5.41) is 8.70. The molecule has 2 heterocycles. The Kier molecular flexibility index (Phi) is 5.37. The molecule has 1 aliphatic heterocycles. The average Bonchev–Trinajstić information content (AvgIpc) is 2.99. The Morgan fingerprint density at radius 2 is 1.96 bits per heavy atom. The van der Waals surface area contributed by atoms with Gasteiger partial charge in [0, 0.05) is 24.9 Å². The summed E-state index contributed by atoms with van der Waals surface area (Å²) in [6, 6.07) is 10.2. The zero-order chi connectivity index (χ0) is 15.9. The number of nitrogens with one attached hydrogen (secondary N) is 2. The predicted octanol–water partition coefficient (Wildman–Crippen LogP) is 2.77. The van der Waals surface area contributed by atoms with Gasteiger partial charge in [-0.15, -0.1) is 11.3 Å². The topological polar surface area (TPSA) is 54.9 Å². The van der Waals surface area contributed by atoms with Crippen LogP contribution in [0.3, 0.4) is 0 Å². The minimum absolute atomic E-state index is 0.681. The maximum atomic E-state index is 5.72. The highest BCUT2D eigenvalue weighted by Crippen LogP contribution is 2.30. The summed E-state index contributed by atoms with van der Waals surface area (Å²) in [4.78, 5) is 5.53. The molecule has 3 rings (SSSR count). The lowest BCUT2D eigenvalue weighted by Crippen LogP contribution is -2.36. The number of ether oxygens (including phenoxy) is 2. The molecule has 1 aromatic carbocycles. The van der Waals surface area contributed by atoms with Gasteiger partial charge in [0.1, 0.15) is 0 Å². The second kappa shape index (κ2) is 7.87. The van der Waals surface area contributed by atoms with Crippen LogP contribution in [-0.4, -0.2) is 26.2 Å². The normalized spacial score (nSPS) is 14.2. The molecule has 6 heteroatoms. The number of rotatable bonds is 4. The summed E-state index contributed by atoms with van der Waals surface area (Å²) in [5.74, 6) is 2.43. The number of aliphatic imine (C=N–C) groups is 1. The Morgan fingerprint density at radius 3 is 2.74 bits per heavy atom. The van der Waals surface area contributed by atoms with Gasteiger partial charge in [0.25, 0.3) is 0 Å². The Bertz CT molecular complexity index is 656. The molecule has 2 N–H and O–H groups in total. The number of fused-ring (bicyclic) bond motifs is 1. The largest absolute Gasteiger partial charge is 0.490 e. The molecule has 0 radical (unpaired) electrons. The van der Waals surface area contributed by atoms with E-state index >= 15 is 0 Å². The van der Waals surface area contributed by atoms with Crippen LogP contribution in [0.4, 0.5) is 0 Å². The highest BCUT2D eigenvalue weighted by molar-refractivity contribution is 7.09. The van der Waals surface area contributed by atoms with Crippen molar-refractivity contribution in [3.8, 4) is 11.5 Å². The summed E-state index contributed by atoms with van der Waals surface area (Å²) in [6.45, 7) is 2.87. The van der Waals surface area contributed by atoms with Crippen molar-refractivity contribution in [2.45, 2.75) is 19.5 Å². The molecule has 122 valence electrons. The van der Waals surface area contributed by atoms with Crippen molar-refractivity contribution < 1.29 is 9.47 Å². The molecule has 0 amide bonds. The monoisotopic (exact) mass is 331 g/mol. The molecule has 1 aromatic heterocycles. The lowest BCUT2D eigenvalue weighted by atomic mass is 10.2. The fourth-order valence-corrected chi connectivity index (χ4v) is 2.95. The second-order valence-corrected chi connectivity index (χ2v) is 6.22. The Balaban J connectivity index is 1.55. The van der Waals surface area contributed by atoms with E-state index in [4.69, 9.17) is 9.47 Å². The highest BCUT2D eigenvalue weighted by Gasteiger charge is 2.10. The standard InChI is InChI=1S/C17H21N3O2S/c1-18-17(20-12-14-4-2-9-23-14)19-11-13-5-6-15-16(10-13)22-8-3-7-21-15/h2,4-6,9-10H,3,7-8,11-12H2,1H3,(H2,18,19,20). The van der Waals surface area contributed by atoms with Crippen molar-refractivity contribution in [2.75, 3.05) is 20.3 Å². The Labute approximate surface area is 140 Å². The SMILES string of the molecule is CN=C(NCc1ccc2c(c1)OCCCO2)NCc1cccs1. The van der Waals surface area contributed by atoms with Crippen LogP contribution in [0, 0.1) is 0 Å². The van der Waals surface area contributed by atoms with Crippen LogP contribution in [0.2, 0.25) is 0 Å². The minimum atomic E-state index is 0.681. The van der Waals surface area contributed by atoms with Gasteiger partial charge in [-0.05, 0) is 29.1 Å². The van der Waals surface area contributed by atoms with Gasteiger partial charge in [0.15, 0.2) is 17.5 Å². The summed E-state index contributed by atoms with van der Waals surface area (Å²) in [5.41, 5.74) is 1.13. The van der Waals surface area contributed by atoms with Crippen molar-refractivity contribution in [3.05, 3.63) is 46.2 Å². The van der Waals surface area contributed by atoms with Crippen LogP contribution >= 0.6 is 11.3 Å². The molecule has 0 saturated heterocycles. The lowest BCUT2D eigenvalue weighted by Gasteiger charge is -2.13. The average molecular weight is 331 g/mol. The van der Waals surface area contributed by atoms with Gasteiger partial charge in [-0.3, -0.25) is 4.99 Å². The van der Waals surface area contributed by atoms with Crippen LogP contribution in [0.25, 0.3) is 0 Å². The van der Waals surface area contributed by atoms with E-state index in [-0.39, 0.29) is 0 Å². The first-order valence-corrected chi connectivity index (χ1v) is 8.58. The quantitative estimate of drug-likeness (QED) is 0.668. The van der Waals surface area contributed by atoms with Gasteiger partial charge in [-0.2, -0.15) is 0 Å². The third-order valence-corrected chi connectivity index (χ3v) is 4.38. The molecule has 0 saturated carbocycles. The fourth-order valence-electron chi connectivity index (χ4n) is 2.31. The summed E-state index contributed by atoms with van der Waals surface area (Å²) in [6.07, 6.45) is 0.918. The molecule has 0 bridgehead atoms. The van der Waals surface area contributed by atoms with Crippen LogP contribution in [-0.2, 0) is 13.1 Å². The number of thiophene rings is 1. The number of hydrogen-bond donors (Lipinski definition) is 2. The predicted molar refractivity (Wildman–Crippen MR) is 93.4 cm³/mol. The van der Waals surface area contributed by atoms with Crippen LogP contribution in [0.5, 0.6) is 11.5 Å². The van der Waals surface area contributed by atoms with Gasteiger partial charge in [0.2, 0.25) is 0 Å². The van der Waals surface area contributed by atoms with Crippen LogP contribution in [0.15, 0.2) is 40.7 Å². The van der Waals surface area contributed by atoms with E-state index in [0.29, 0.717) is 19.8 Å². The molecule has 0 unspecified atom stereocenters.